The van der Waals surface area contributed by atoms with Crippen LogP contribution in [0.5, 0.6) is 0 Å². The quantitative estimate of drug-likeness (QED) is 0.865. The van der Waals surface area contributed by atoms with E-state index in [-0.39, 0.29) is 17.9 Å². The molecular formula is C13H16FN5. The van der Waals surface area contributed by atoms with Crippen molar-refractivity contribution in [1.82, 2.24) is 25.9 Å². The number of tetrazole rings is 1. The van der Waals surface area contributed by atoms with Crippen LogP contribution in [0, 0.1) is 11.7 Å². The summed E-state index contributed by atoms with van der Waals surface area (Å²) in [5.74, 6) is 1.05. The summed E-state index contributed by atoms with van der Waals surface area (Å²) >= 11 is 0. The Hall–Kier alpha value is -1.82. The molecule has 1 aromatic carbocycles. The molecule has 0 saturated heterocycles. The maximum atomic E-state index is 13.0. The van der Waals surface area contributed by atoms with E-state index in [1.807, 2.05) is 19.1 Å². The Balaban J connectivity index is 1.76. The maximum Gasteiger partial charge on any atom is 0.191 e. The van der Waals surface area contributed by atoms with Gasteiger partial charge in [-0.15, -0.1) is 10.2 Å². The largest absolute Gasteiger partial charge is 0.300 e. The SMILES string of the molecule is CC(NC(c1ccc(F)cc1)C1CC1)c1nn[nH]n1. The summed E-state index contributed by atoms with van der Waals surface area (Å²) in [5, 5.41) is 17.5. The third kappa shape index (κ3) is 2.78. The van der Waals surface area contributed by atoms with E-state index in [9.17, 15) is 4.39 Å². The van der Waals surface area contributed by atoms with E-state index in [1.54, 1.807) is 0 Å². The van der Waals surface area contributed by atoms with Crippen LogP contribution in [0.2, 0.25) is 0 Å². The third-order valence-corrected chi connectivity index (χ3v) is 3.50. The Morgan fingerprint density at radius 1 is 1.32 bits per heavy atom. The summed E-state index contributed by atoms with van der Waals surface area (Å²) < 4.78 is 13.0. The highest BCUT2D eigenvalue weighted by molar-refractivity contribution is 5.22. The highest BCUT2D eigenvalue weighted by atomic mass is 19.1. The summed E-state index contributed by atoms with van der Waals surface area (Å²) in [7, 11) is 0. The van der Waals surface area contributed by atoms with E-state index in [0.717, 1.165) is 5.56 Å². The lowest BCUT2D eigenvalue weighted by atomic mass is 10.0. The summed E-state index contributed by atoms with van der Waals surface area (Å²) in [5.41, 5.74) is 1.11. The van der Waals surface area contributed by atoms with Gasteiger partial charge in [-0.2, -0.15) is 5.21 Å². The number of nitrogens with one attached hydrogen (secondary N) is 2. The van der Waals surface area contributed by atoms with Crippen LogP contribution in [-0.4, -0.2) is 20.6 Å². The van der Waals surface area contributed by atoms with Crippen molar-refractivity contribution >= 4 is 0 Å². The highest BCUT2D eigenvalue weighted by Gasteiger charge is 2.33. The molecule has 0 spiro atoms. The average molecular weight is 261 g/mol. The Kier molecular flexibility index (Phi) is 3.25. The Labute approximate surface area is 110 Å². The Morgan fingerprint density at radius 3 is 2.63 bits per heavy atom. The monoisotopic (exact) mass is 261 g/mol. The molecule has 0 radical (unpaired) electrons. The second-order valence-electron chi connectivity index (χ2n) is 5.03. The van der Waals surface area contributed by atoms with Crippen molar-refractivity contribution in [1.29, 1.82) is 0 Å². The molecule has 2 unspecified atom stereocenters. The van der Waals surface area contributed by atoms with Crippen molar-refractivity contribution in [3.05, 3.63) is 41.5 Å². The normalized spacial score (nSPS) is 18.2. The number of halogens is 1. The average Bonchev–Trinajstić information content (AvgIpc) is 3.10. The molecule has 0 aliphatic heterocycles. The van der Waals surface area contributed by atoms with Crippen molar-refractivity contribution in [2.45, 2.75) is 31.8 Å². The second kappa shape index (κ2) is 5.05. The number of hydrogen-bond acceptors (Lipinski definition) is 4. The van der Waals surface area contributed by atoms with Crippen molar-refractivity contribution < 1.29 is 4.39 Å². The van der Waals surface area contributed by atoms with Gasteiger partial charge >= 0.3 is 0 Å². The fraction of sp³-hybridized carbons (Fsp3) is 0.462. The van der Waals surface area contributed by atoms with Crippen LogP contribution in [0.4, 0.5) is 4.39 Å². The fourth-order valence-electron chi connectivity index (χ4n) is 2.30. The van der Waals surface area contributed by atoms with E-state index < -0.39 is 0 Å². The summed E-state index contributed by atoms with van der Waals surface area (Å²) in [6.07, 6.45) is 2.40. The van der Waals surface area contributed by atoms with Crippen molar-refractivity contribution in [2.75, 3.05) is 0 Å². The molecule has 3 rings (SSSR count). The van der Waals surface area contributed by atoms with Gasteiger partial charge in [0.15, 0.2) is 5.82 Å². The van der Waals surface area contributed by atoms with Gasteiger partial charge < -0.3 is 5.32 Å². The summed E-state index contributed by atoms with van der Waals surface area (Å²) in [6.45, 7) is 2.00. The van der Waals surface area contributed by atoms with E-state index in [1.165, 1.54) is 25.0 Å². The predicted octanol–water partition coefficient (Wildman–Crippen LogP) is 2.14. The van der Waals surface area contributed by atoms with Crippen LogP contribution in [-0.2, 0) is 0 Å². The van der Waals surface area contributed by atoms with Crippen molar-refractivity contribution in [3.8, 4) is 0 Å². The van der Waals surface area contributed by atoms with Crippen LogP contribution in [0.3, 0.4) is 0 Å². The Morgan fingerprint density at radius 2 is 2.05 bits per heavy atom. The molecule has 1 saturated carbocycles. The fourth-order valence-corrected chi connectivity index (χ4v) is 2.30. The number of rotatable bonds is 5. The number of benzene rings is 1. The van der Waals surface area contributed by atoms with Gasteiger partial charge in [0.1, 0.15) is 5.82 Å². The van der Waals surface area contributed by atoms with E-state index in [4.69, 9.17) is 0 Å². The number of aromatic nitrogens is 4. The molecule has 1 heterocycles. The molecule has 2 atom stereocenters. The third-order valence-electron chi connectivity index (χ3n) is 3.50. The maximum absolute atomic E-state index is 13.0. The number of H-pyrrole nitrogens is 1. The van der Waals surface area contributed by atoms with Gasteiger partial charge in [-0.1, -0.05) is 17.3 Å². The molecule has 5 nitrogen and oxygen atoms in total. The van der Waals surface area contributed by atoms with Gasteiger partial charge in [-0.05, 0) is 43.4 Å². The molecule has 6 heteroatoms. The lowest BCUT2D eigenvalue weighted by Gasteiger charge is -2.22. The number of aromatic amines is 1. The molecule has 2 N–H and O–H groups in total. The first-order valence-corrected chi connectivity index (χ1v) is 6.49. The molecule has 1 fully saturated rings. The molecule has 1 aliphatic carbocycles. The van der Waals surface area contributed by atoms with Crippen LogP contribution < -0.4 is 5.32 Å². The molecule has 0 bridgehead atoms. The lowest BCUT2D eigenvalue weighted by molar-refractivity contribution is 0.416. The van der Waals surface area contributed by atoms with Crippen LogP contribution >= 0.6 is 0 Å². The predicted molar refractivity (Wildman–Crippen MR) is 67.6 cm³/mol. The van der Waals surface area contributed by atoms with Crippen molar-refractivity contribution in [3.63, 3.8) is 0 Å². The van der Waals surface area contributed by atoms with Crippen molar-refractivity contribution in [2.24, 2.45) is 5.92 Å². The van der Waals surface area contributed by atoms with Crippen LogP contribution in [0.15, 0.2) is 24.3 Å². The zero-order chi connectivity index (χ0) is 13.2. The number of hydrogen-bond donors (Lipinski definition) is 2. The van der Waals surface area contributed by atoms with Gasteiger partial charge in [0.05, 0.1) is 6.04 Å². The molecule has 100 valence electrons. The molecule has 1 aliphatic rings. The van der Waals surface area contributed by atoms with Gasteiger partial charge in [0, 0.05) is 6.04 Å². The Bertz CT molecular complexity index is 520. The lowest BCUT2D eigenvalue weighted by Crippen LogP contribution is -2.27. The molecular weight excluding hydrogens is 245 g/mol. The summed E-state index contributed by atoms with van der Waals surface area (Å²) in [6, 6.07) is 6.92. The highest BCUT2D eigenvalue weighted by Crippen LogP contribution is 2.41. The standard InChI is InChI=1S/C13H16FN5/c1-8(13-16-18-19-17-13)15-12(9-2-3-9)10-4-6-11(14)7-5-10/h4-9,12,15H,2-3H2,1H3,(H,16,17,18,19). The van der Waals surface area contributed by atoms with E-state index >= 15 is 0 Å². The minimum absolute atomic E-state index is 0.00871. The zero-order valence-corrected chi connectivity index (χ0v) is 10.7. The summed E-state index contributed by atoms with van der Waals surface area (Å²) in [4.78, 5) is 0. The topological polar surface area (TPSA) is 66.5 Å². The minimum atomic E-state index is -0.204. The van der Waals surface area contributed by atoms with E-state index in [2.05, 4.69) is 25.9 Å². The smallest absolute Gasteiger partial charge is 0.191 e. The van der Waals surface area contributed by atoms with Gasteiger partial charge in [-0.25, -0.2) is 4.39 Å². The molecule has 0 amide bonds. The van der Waals surface area contributed by atoms with Crippen LogP contribution in [0.1, 0.15) is 43.2 Å². The minimum Gasteiger partial charge on any atom is -0.300 e. The number of nitrogens with zero attached hydrogens (tertiary/aromatic N) is 3. The van der Waals surface area contributed by atoms with Gasteiger partial charge in [-0.3, -0.25) is 0 Å². The first-order chi connectivity index (χ1) is 9.24. The van der Waals surface area contributed by atoms with Gasteiger partial charge in [0.2, 0.25) is 0 Å². The van der Waals surface area contributed by atoms with Gasteiger partial charge in [0.25, 0.3) is 0 Å². The van der Waals surface area contributed by atoms with E-state index in [0.29, 0.717) is 11.7 Å². The first kappa shape index (κ1) is 12.2. The van der Waals surface area contributed by atoms with Crippen LogP contribution in [0.25, 0.3) is 0 Å². The second-order valence-corrected chi connectivity index (χ2v) is 5.03. The molecule has 19 heavy (non-hydrogen) atoms. The first-order valence-electron chi connectivity index (χ1n) is 6.49. The molecule has 1 aromatic heterocycles. The zero-order valence-electron chi connectivity index (χ0n) is 10.7. The molecule has 2 aromatic rings.